The van der Waals surface area contributed by atoms with Gasteiger partial charge in [0.2, 0.25) is 0 Å². The first-order valence-electron chi connectivity index (χ1n) is 2.61. The van der Waals surface area contributed by atoms with Crippen molar-refractivity contribution >= 4 is 5.82 Å². The highest BCUT2D eigenvalue weighted by atomic mass is 14.9. The quantitative estimate of drug-likeness (QED) is 0.498. The molecule has 0 aliphatic rings. The van der Waals surface area contributed by atoms with E-state index in [1.54, 1.807) is 12.1 Å². The fraction of sp³-hybridized carbons (Fsp3) is 0. The van der Waals surface area contributed by atoms with E-state index in [4.69, 9.17) is 11.8 Å². The molecule has 0 radical (unpaired) electrons. The minimum absolute atomic E-state index is 0.171. The van der Waals surface area contributed by atoms with Crippen LogP contribution in [-0.4, -0.2) is 4.98 Å². The van der Waals surface area contributed by atoms with Crippen LogP contribution >= 0.6 is 0 Å². The van der Waals surface area contributed by atoms with E-state index in [-0.39, 0.29) is 5.82 Å². The Balaban J connectivity index is 3.28. The van der Waals surface area contributed by atoms with Crippen molar-refractivity contribution in [2.75, 3.05) is 0 Å². The fourth-order valence-electron chi connectivity index (χ4n) is 0.573. The summed E-state index contributed by atoms with van der Waals surface area (Å²) in [5, 5.41) is 8.42. The summed E-state index contributed by atoms with van der Waals surface area (Å²) < 4.78 is 0. The molecule has 1 rings (SSSR count). The molecule has 3 nitrogen and oxygen atoms in total. The molecule has 1 aromatic heterocycles. The standard InChI is InChI=1S/C7H3N3/c1-9-7-6(5-8)3-2-4-10-7/h2-4H. The van der Waals surface area contributed by atoms with Crippen LogP contribution in [0.3, 0.4) is 0 Å². The van der Waals surface area contributed by atoms with E-state index in [0.29, 0.717) is 5.56 Å². The van der Waals surface area contributed by atoms with Gasteiger partial charge in [-0.15, -0.1) is 4.98 Å². The van der Waals surface area contributed by atoms with Crippen molar-refractivity contribution in [1.29, 1.82) is 5.26 Å². The van der Waals surface area contributed by atoms with Crippen LogP contribution in [0.1, 0.15) is 5.56 Å². The lowest BCUT2D eigenvalue weighted by atomic mass is 10.3. The Morgan fingerprint density at radius 2 is 2.50 bits per heavy atom. The lowest BCUT2D eigenvalue weighted by molar-refractivity contribution is 1.33. The minimum Gasteiger partial charge on any atom is -0.360 e. The Bertz CT molecular complexity index is 283. The molecule has 0 N–H and O–H groups in total. The van der Waals surface area contributed by atoms with E-state index in [9.17, 15) is 0 Å². The van der Waals surface area contributed by atoms with Gasteiger partial charge in [-0.1, -0.05) is 6.57 Å². The van der Waals surface area contributed by atoms with Gasteiger partial charge in [-0.3, -0.25) is 0 Å². The first-order chi connectivity index (χ1) is 4.88. The van der Waals surface area contributed by atoms with Gasteiger partial charge in [0.1, 0.15) is 6.20 Å². The lowest BCUT2D eigenvalue weighted by Crippen LogP contribution is -1.76. The van der Waals surface area contributed by atoms with Crippen LogP contribution in [0.5, 0.6) is 0 Å². The van der Waals surface area contributed by atoms with E-state index in [2.05, 4.69) is 9.83 Å². The minimum atomic E-state index is 0.171. The second-order valence-electron chi connectivity index (χ2n) is 1.60. The van der Waals surface area contributed by atoms with Crippen molar-refractivity contribution in [2.24, 2.45) is 0 Å². The van der Waals surface area contributed by atoms with Gasteiger partial charge in [0.05, 0.1) is 11.6 Å². The number of nitrogens with zero attached hydrogens (tertiary/aromatic N) is 3. The maximum absolute atomic E-state index is 8.42. The van der Waals surface area contributed by atoms with Gasteiger partial charge < -0.3 is 4.85 Å². The van der Waals surface area contributed by atoms with Crippen LogP contribution in [0, 0.1) is 17.9 Å². The molecular weight excluding hydrogens is 126 g/mol. The highest BCUT2D eigenvalue weighted by molar-refractivity contribution is 5.51. The molecule has 0 aliphatic carbocycles. The van der Waals surface area contributed by atoms with Gasteiger partial charge >= 0.3 is 0 Å². The zero-order valence-corrected chi connectivity index (χ0v) is 5.07. The molecule has 10 heavy (non-hydrogen) atoms. The first-order valence-corrected chi connectivity index (χ1v) is 2.61. The lowest BCUT2D eigenvalue weighted by Gasteiger charge is -1.87. The average molecular weight is 129 g/mol. The van der Waals surface area contributed by atoms with Crippen LogP contribution in [0.4, 0.5) is 5.82 Å². The third kappa shape index (κ3) is 0.936. The smallest absolute Gasteiger partial charge is 0.287 e. The summed E-state index contributed by atoms with van der Waals surface area (Å²) in [6, 6.07) is 5.07. The van der Waals surface area contributed by atoms with E-state index >= 15 is 0 Å². The molecule has 0 amide bonds. The molecule has 0 spiro atoms. The number of aromatic nitrogens is 1. The summed E-state index contributed by atoms with van der Waals surface area (Å²) >= 11 is 0. The maximum Gasteiger partial charge on any atom is 0.287 e. The van der Waals surface area contributed by atoms with Gasteiger partial charge in [-0.25, -0.2) is 0 Å². The molecular formula is C7H3N3. The summed E-state index contributed by atoms with van der Waals surface area (Å²) in [6.07, 6.45) is 1.49. The monoisotopic (exact) mass is 129 g/mol. The van der Waals surface area contributed by atoms with Gasteiger partial charge in [0, 0.05) is 0 Å². The SMILES string of the molecule is [C-]#[N+]c1ncccc1C#N. The number of rotatable bonds is 0. The zero-order valence-electron chi connectivity index (χ0n) is 5.07. The largest absolute Gasteiger partial charge is 0.360 e. The van der Waals surface area contributed by atoms with Crippen LogP contribution < -0.4 is 0 Å². The molecule has 1 aromatic rings. The average Bonchev–Trinajstić information content (AvgIpc) is 2.04. The van der Waals surface area contributed by atoms with E-state index in [1.807, 2.05) is 6.07 Å². The molecule has 0 aromatic carbocycles. The van der Waals surface area contributed by atoms with Crippen molar-refractivity contribution < 1.29 is 0 Å². The Morgan fingerprint density at radius 1 is 1.70 bits per heavy atom. The third-order valence-electron chi connectivity index (χ3n) is 1.01. The van der Waals surface area contributed by atoms with E-state index in [1.165, 1.54) is 6.20 Å². The molecule has 46 valence electrons. The molecule has 1 heterocycles. The number of pyridine rings is 1. The van der Waals surface area contributed by atoms with Crippen LogP contribution in [0.25, 0.3) is 4.85 Å². The number of nitriles is 1. The van der Waals surface area contributed by atoms with Gasteiger partial charge in [-0.05, 0) is 12.1 Å². The fourth-order valence-corrected chi connectivity index (χ4v) is 0.573. The number of hydrogen-bond acceptors (Lipinski definition) is 2. The van der Waals surface area contributed by atoms with Crippen LogP contribution in [-0.2, 0) is 0 Å². The summed E-state index contributed by atoms with van der Waals surface area (Å²) in [4.78, 5) is 6.75. The summed E-state index contributed by atoms with van der Waals surface area (Å²) in [7, 11) is 0. The van der Waals surface area contributed by atoms with Crippen LogP contribution in [0.2, 0.25) is 0 Å². The molecule has 0 saturated carbocycles. The molecule has 3 heteroatoms. The van der Waals surface area contributed by atoms with Crippen molar-refractivity contribution in [3.8, 4) is 6.07 Å². The first kappa shape index (κ1) is 6.25. The van der Waals surface area contributed by atoms with Crippen LogP contribution in [0.15, 0.2) is 18.3 Å². The Morgan fingerprint density at radius 3 is 3.00 bits per heavy atom. The summed E-state index contributed by atoms with van der Waals surface area (Å²) in [6.45, 7) is 6.60. The van der Waals surface area contributed by atoms with E-state index < -0.39 is 0 Å². The topological polar surface area (TPSA) is 41.0 Å². The molecule has 0 bridgehead atoms. The Labute approximate surface area is 58.4 Å². The second-order valence-corrected chi connectivity index (χ2v) is 1.60. The molecule has 0 fully saturated rings. The normalized spacial score (nSPS) is 7.80. The van der Waals surface area contributed by atoms with Gasteiger partial charge in [0.15, 0.2) is 0 Å². The molecule has 0 unspecified atom stereocenters. The van der Waals surface area contributed by atoms with Gasteiger partial charge in [-0.2, -0.15) is 5.26 Å². The van der Waals surface area contributed by atoms with Crippen molar-refractivity contribution in [3.63, 3.8) is 0 Å². The summed E-state index contributed by atoms with van der Waals surface area (Å²) in [5.41, 5.74) is 0.331. The summed E-state index contributed by atoms with van der Waals surface area (Å²) in [5.74, 6) is 0.171. The third-order valence-corrected chi connectivity index (χ3v) is 1.01. The zero-order chi connectivity index (χ0) is 7.40. The Kier molecular flexibility index (Phi) is 1.63. The highest BCUT2D eigenvalue weighted by Crippen LogP contribution is 2.12. The maximum atomic E-state index is 8.42. The van der Waals surface area contributed by atoms with Crippen molar-refractivity contribution in [1.82, 2.24) is 4.98 Å². The predicted molar refractivity (Wildman–Crippen MR) is 35.2 cm³/mol. The number of hydrogen-bond donors (Lipinski definition) is 0. The predicted octanol–water partition coefficient (Wildman–Crippen LogP) is 1.50. The second kappa shape index (κ2) is 2.61. The van der Waals surface area contributed by atoms with Crippen molar-refractivity contribution in [2.45, 2.75) is 0 Å². The Hall–Kier alpha value is -1.87. The molecule has 0 aliphatic heterocycles. The van der Waals surface area contributed by atoms with E-state index in [0.717, 1.165) is 0 Å². The molecule has 0 atom stereocenters. The van der Waals surface area contributed by atoms with Gasteiger partial charge in [0.25, 0.3) is 5.82 Å². The van der Waals surface area contributed by atoms with Crippen molar-refractivity contribution in [3.05, 3.63) is 35.3 Å². The highest BCUT2D eigenvalue weighted by Gasteiger charge is 1.98. The molecule has 0 saturated heterocycles.